The Hall–Kier alpha value is -0.0800. The van der Waals surface area contributed by atoms with Crippen LogP contribution in [0.3, 0.4) is 0 Å². The molecule has 2 saturated heterocycles. The SMILES string of the molecule is CC1CCNCC1N1CCC2CCCCC21. The number of fused-ring (bicyclic) bond motifs is 1. The predicted octanol–water partition coefficient (Wildman–Crippen LogP) is 2.25. The molecule has 16 heavy (non-hydrogen) atoms. The molecule has 2 aliphatic heterocycles. The summed E-state index contributed by atoms with van der Waals surface area (Å²) in [6, 6.07) is 1.78. The molecule has 2 nitrogen and oxygen atoms in total. The first-order valence-corrected chi connectivity index (χ1v) is 7.32. The number of hydrogen-bond acceptors (Lipinski definition) is 2. The van der Waals surface area contributed by atoms with Crippen molar-refractivity contribution in [3.63, 3.8) is 0 Å². The molecule has 2 heterocycles. The topological polar surface area (TPSA) is 15.3 Å². The zero-order chi connectivity index (χ0) is 11.0. The summed E-state index contributed by atoms with van der Waals surface area (Å²) in [6.07, 6.45) is 8.82. The van der Waals surface area contributed by atoms with Gasteiger partial charge in [0.15, 0.2) is 0 Å². The van der Waals surface area contributed by atoms with Crippen LogP contribution in [-0.4, -0.2) is 36.6 Å². The van der Waals surface area contributed by atoms with Gasteiger partial charge >= 0.3 is 0 Å². The zero-order valence-corrected chi connectivity index (χ0v) is 10.6. The predicted molar refractivity (Wildman–Crippen MR) is 67.5 cm³/mol. The minimum Gasteiger partial charge on any atom is -0.315 e. The van der Waals surface area contributed by atoms with E-state index in [0.29, 0.717) is 0 Å². The van der Waals surface area contributed by atoms with E-state index in [1.807, 2.05) is 0 Å². The van der Waals surface area contributed by atoms with E-state index in [9.17, 15) is 0 Å². The number of rotatable bonds is 1. The number of hydrogen-bond donors (Lipinski definition) is 1. The summed E-state index contributed by atoms with van der Waals surface area (Å²) in [5.74, 6) is 1.95. The van der Waals surface area contributed by atoms with Crippen LogP contribution in [0.2, 0.25) is 0 Å². The number of piperidine rings is 1. The molecule has 2 heteroatoms. The molecule has 0 spiro atoms. The lowest BCUT2D eigenvalue weighted by atomic mass is 9.84. The van der Waals surface area contributed by atoms with E-state index < -0.39 is 0 Å². The normalized spacial score (nSPS) is 45.6. The molecule has 1 N–H and O–H groups in total. The molecule has 3 aliphatic rings. The highest BCUT2D eigenvalue weighted by molar-refractivity contribution is 4.95. The highest BCUT2D eigenvalue weighted by Crippen LogP contribution is 2.38. The van der Waals surface area contributed by atoms with Gasteiger partial charge in [0.25, 0.3) is 0 Å². The summed E-state index contributed by atoms with van der Waals surface area (Å²) in [5, 5.41) is 3.60. The van der Waals surface area contributed by atoms with Gasteiger partial charge in [-0.05, 0) is 50.6 Å². The van der Waals surface area contributed by atoms with E-state index in [0.717, 1.165) is 23.9 Å². The number of nitrogens with one attached hydrogen (secondary N) is 1. The lowest BCUT2D eigenvalue weighted by Gasteiger charge is -2.42. The second-order valence-corrected chi connectivity index (χ2v) is 6.18. The van der Waals surface area contributed by atoms with Crippen LogP contribution < -0.4 is 5.32 Å². The number of nitrogens with zero attached hydrogens (tertiary/aromatic N) is 1. The Labute approximate surface area is 99.8 Å². The molecule has 92 valence electrons. The average Bonchev–Trinajstić information content (AvgIpc) is 2.74. The first-order valence-electron chi connectivity index (χ1n) is 7.32. The van der Waals surface area contributed by atoms with Gasteiger partial charge in [0.1, 0.15) is 0 Å². The van der Waals surface area contributed by atoms with Gasteiger partial charge in [-0.25, -0.2) is 0 Å². The minimum absolute atomic E-state index is 0.835. The van der Waals surface area contributed by atoms with Crippen LogP contribution in [-0.2, 0) is 0 Å². The highest BCUT2D eigenvalue weighted by atomic mass is 15.2. The fourth-order valence-corrected chi connectivity index (χ4v) is 4.27. The van der Waals surface area contributed by atoms with Crippen molar-refractivity contribution in [2.24, 2.45) is 11.8 Å². The van der Waals surface area contributed by atoms with Gasteiger partial charge in [-0.1, -0.05) is 19.8 Å². The molecule has 4 atom stereocenters. The Morgan fingerprint density at radius 3 is 2.75 bits per heavy atom. The summed E-state index contributed by atoms with van der Waals surface area (Å²) < 4.78 is 0. The molecule has 0 aromatic rings. The maximum atomic E-state index is 3.60. The van der Waals surface area contributed by atoms with Gasteiger partial charge < -0.3 is 5.32 Å². The van der Waals surface area contributed by atoms with Gasteiger partial charge in [-0.2, -0.15) is 0 Å². The quantitative estimate of drug-likeness (QED) is 0.732. The van der Waals surface area contributed by atoms with Crippen LogP contribution in [0, 0.1) is 11.8 Å². The second-order valence-electron chi connectivity index (χ2n) is 6.18. The standard InChI is InChI=1S/C14H26N2/c1-11-6-8-15-10-14(11)16-9-7-12-4-2-3-5-13(12)16/h11-15H,2-10H2,1H3. The summed E-state index contributed by atoms with van der Waals surface area (Å²) in [7, 11) is 0. The highest BCUT2D eigenvalue weighted by Gasteiger charge is 2.40. The Bertz CT molecular complexity index is 241. The first-order chi connectivity index (χ1) is 7.86. The van der Waals surface area contributed by atoms with Crippen molar-refractivity contribution in [3.8, 4) is 0 Å². The van der Waals surface area contributed by atoms with Crippen LogP contribution in [0.25, 0.3) is 0 Å². The van der Waals surface area contributed by atoms with Crippen molar-refractivity contribution < 1.29 is 0 Å². The average molecular weight is 222 g/mol. The van der Waals surface area contributed by atoms with Crippen molar-refractivity contribution >= 4 is 0 Å². The van der Waals surface area contributed by atoms with Crippen LogP contribution in [0.4, 0.5) is 0 Å². The molecule has 0 bridgehead atoms. The van der Waals surface area contributed by atoms with Crippen molar-refractivity contribution in [2.45, 2.75) is 57.5 Å². The first kappa shape index (κ1) is 11.0. The van der Waals surface area contributed by atoms with Gasteiger partial charge in [0, 0.05) is 18.6 Å². The van der Waals surface area contributed by atoms with E-state index in [-0.39, 0.29) is 0 Å². The van der Waals surface area contributed by atoms with Crippen LogP contribution in [0.15, 0.2) is 0 Å². The molecule has 3 fully saturated rings. The van der Waals surface area contributed by atoms with Gasteiger partial charge in [-0.15, -0.1) is 0 Å². The maximum absolute atomic E-state index is 3.60. The molecule has 4 unspecified atom stereocenters. The second kappa shape index (κ2) is 4.66. The third kappa shape index (κ3) is 1.91. The van der Waals surface area contributed by atoms with E-state index in [2.05, 4.69) is 17.1 Å². The summed E-state index contributed by atoms with van der Waals surface area (Å²) in [6.45, 7) is 6.32. The fraction of sp³-hybridized carbons (Fsp3) is 1.00. The Kier molecular flexibility index (Phi) is 3.21. The van der Waals surface area contributed by atoms with Gasteiger partial charge in [-0.3, -0.25) is 4.90 Å². The van der Waals surface area contributed by atoms with Crippen LogP contribution in [0.1, 0.15) is 45.4 Å². The van der Waals surface area contributed by atoms with E-state index in [1.165, 1.54) is 58.2 Å². The van der Waals surface area contributed by atoms with Gasteiger partial charge in [0.2, 0.25) is 0 Å². The molecular weight excluding hydrogens is 196 g/mol. The molecule has 1 aliphatic carbocycles. The van der Waals surface area contributed by atoms with Crippen molar-refractivity contribution in [2.75, 3.05) is 19.6 Å². The summed E-state index contributed by atoms with van der Waals surface area (Å²) in [5.41, 5.74) is 0. The Morgan fingerprint density at radius 1 is 1.00 bits per heavy atom. The monoisotopic (exact) mass is 222 g/mol. The summed E-state index contributed by atoms with van der Waals surface area (Å²) in [4.78, 5) is 2.88. The smallest absolute Gasteiger partial charge is 0.0249 e. The largest absolute Gasteiger partial charge is 0.315 e. The number of likely N-dealkylation sites (tertiary alicyclic amines) is 1. The molecule has 0 radical (unpaired) electrons. The van der Waals surface area contributed by atoms with Crippen LogP contribution >= 0.6 is 0 Å². The fourth-order valence-electron chi connectivity index (χ4n) is 4.27. The molecule has 0 amide bonds. The lowest BCUT2D eigenvalue weighted by molar-refractivity contribution is 0.0829. The molecular formula is C14H26N2. The molecule has 0 aromatic heterocycles. The van der Waals surface area contributed by atoms with Crippen molar-refractivity contribution in [3.05, 3.63) is 0 Å². The third-order valence-electron chi connectivity index (χ3n) is 5.27. The third-order valence-corrected chi connectivity index (χ3v) is 5.27. The van der Waals surface area contributed by atoms with Crippen LogP contribution in [0.5, 0.6) is 0 Å². The van der Waals surface area contributed by atoms with E-state index >= 15 is 0 Å². The zero-order valence-electron chi connectivity index (χ0n) is 10.6. The molecule has 3 rings (SSSR count). The maximum Gasteiger partial charge on any atom is 0.0249 e. The Morgan fingerprint density at radius 2 is 1.88 bits per heavy atom. The van der Waals surface area contributed by atoms with Crippen molar-refractivity contribution in [1.82, 2.24) is 10.2 Å². The lowest BCUT2D eigenvalue weighted by Crippen LogP contribution is -2.53. The molecule has 0 aromatic carbocycles. The molecule has 1 saturated carbocycles. The van der Waals surface area contributed by atoms with Crippen molar-refractivity contribution in [1.29, 1.82) is 0 Å². The van der Waals surface area contributed by atoms with E-state index in [1.54, 1.807) is 0 Å². The Balaban J connectivity index is 1.69. The van der Waals surface area contributed by atoms with E-state index in [4.69, 9.17) is 0 Å². The summed E-state index contributed by atoms with van der Waals surface area (Å²) >= 11 is 0. The minimum atomic E-state index is 0.835. The van der Waals surface area contributed by atoms with Gasteiger partial charge in [0.05, 0.1) is 0 Å².